The van der Waals surface area contributed by atoms with Gasteiger partial charge in [0.15, 0.2) is 5.13 Å². The molecule has 0 aliphatic carbocycles. The molecule has 2 aromatic carbocycles. The first-order valence-corrected chi connectivity index (χ1v) is 7.87. The minimum atomic E-state index is -0.630. The lowest BCUT2D eigenvalue weighted by atomic mass is 10.3. The van der Waals surface area contributed by atoms with Crippen LogP contribution in [0.3, 0.4) is 0 Å². The lowest BCUT2D eigenvalue weighted by Crippen LogP contribution is -1.93. The Morgan fingerprint density at radius 1 is 1.20 bits per heavy atom. The van der Waals surface area contributed by atoms with E-state index >= 15 is 0 Å². The zero-order valence-electron chi connectivity index (χ0n) is 10.5. The number of aromatic nitrogens is 1. The summed E-state index contributed by atoms with van der Waals surface area (Å²) in [6.45, 7) is 0. The minimum absolute atomic E-state index is 0.219. The molecule has 1 N–H and O–H groups in total. The van der Waals surface area contributed by atoms with Crippen LogP contribution in [0.5, 0.6) is 0 Å². The number of thiazole rings is 1. The first-order valence-electron chi connectivity index (χ1n) is 5.83. The molecule has 2 nitrogen and oxygen atoms in total. The lowest BCUT2D eigenvalue weighted by Gasteiger charge is -2.03. The highest BCUT2D eigenvalue weighted by atomic mass is 32.2. The van der Waals surface area contributed by atoms with E-state index in [0.717, 1.165) is 21.2 Å². The second kappa shape index (κ2) is 5.38. The summed E-state index contributed by atoms with van der Waals surface area (Å²) < 4.78 is 27.5. The third-order valence-electron chi connectivity index (χ3n) is 2.77. The van der Waals surface area contributed by atoms with Crippen LogP contribution < -0.4 is 5.32 Å². The van der Waals surface area contributed by atoms with Crippen molar-refractivity contribution in [3.63, 3.8) is 0 Å². The van der Waals surface area contributed by atoms with Crippen molar-refractivity contribution in [3.05, 3.63) is 48.0 Å². The third kappa shape index (κ3) is 2.48. The highest BCUT2D eigenvalue weighted by molar-refractivity contribution is 7.98. The molecule has 0 amide bonds. The molecule has 20 heavy (non-hydrogen) atoms. The second-order valence-electron chi connectivity index (χ2n) is 4.08. The van der Waals surface area contributed by atoms with Crippen molar-refractivity contribution >= 4 is 44.1 Å². The Morgan fingerprint density at radius 2 is 2.05 bits per heavy atom. The van der Waals surface area contributed by atoms with Crippen LogP contribution >= 0.6 is 23.1 Å². The molecule has 0 radical (unpaired) electrons. The SMILES string of the molecule is CSc1cccc2sc(Nc3ccc(F)cc3F)nc12. The standard InChI is InChI=1S/C14H10F2N2S2/c1-19-11-3-2-4-12-13(11)18-14(20-12)17-10-6-5-8(15)7-9(10)16/h2-7H,1H3,(H,17,18). The molecule has 1 aromatic heterocycles. The largest absolute Gasteiger partial charge is 0.329 e. The number of nitrogens with zero attached hydrogens (tertiary/aromatic N) is 1. The van der Waals surface area contributed by atoms with Gasteiger partial charge in [-0.25, -0.2) is 13.8 Å². The number of thioether (sulfide) groups is 1. The maximum absolute atomic E-state index is 13.6. The van der Waals surface area contributed by atoms with Crippen LogP contribution in [-0.2, 0) is 0 Å². The average Bonchev–Trinajstić information content (AvgIpc) is 2.84. The number of para-hydroxylation sites is 1. The summed E-state index contributed by atoms with van der Waals surface area (Å²) in [5.74, 6) is -1.23. The van der Waals surface area contributed by atoms with Crippen molar-refractivity contribution in [1.82, 2.24) is 4.98 Å². The van der Waals surface area contributed by atoms with Crippen LogP contribution in [0, 0.1) is 11.6 Å². The Bertz CT molecular complexity index is 771. The van der Waals surface area contributed by atoms with Gasteiger partial charge in [0.1, 0.15) is 11.6 Å². The van der Waals surface area contributed by atoms with E-state index in [0.29, 0.717) is 5.13 Å². The van der Waals surface area contributed by atoms with Crippen molar-refractivity contribution in [3.8, 4) is 0 Å². The molecular weight excluding hydrogens is 298 g/mol. The van der Waals surface area contributed by atoms with Gasteiger partial charge in [-0.05, 0) is 30.5 Å². The number of fused-ring (bicyclic) bond motifs is 1. The van der Waals surface area contributed by atoms with Crippen molar-refractivity contribution < 1.29 is 8.78 Å². The molecule has 0 saturated heterocycles. The number of halogens is 2. The molecule has 0 aliphatic heterocycles. The molecule has 0 bridgehead atoms. The van der Waals surface area contributed by atoms with Crippen LogP contribution in [0.1, 0.15) is 0 Å². The summed E-state index contributed by atoms with van der Waals surface area (Å²) >= 11 is 3.05. The minimum Gasteiger partial charge on any atom is -0.329 e. The molecule has 0 aliphatic rings. The third-order valence-corrected chi connectivity index (χ3v) is 4.48. The molecule has 3 rings (SSSR count). The molecule has 0 saturated carbocycles. The molecule has 0 fully saturated rings. The van der Waals surface area contributed by atoms with Crippen LogP contribution in [-0.4, -0.2) is 11.2 Å². The molecule has 0 unspecified atom stereocenters. The monoisotopic (exact) mass is 308 g/mol. The molecule has 1 heterocycles. The van der Waals surface area contributed by atoms with Crippen LogP contribution in [0.15, 0.2) is 41.3 Å². The first kappa shape index (κ1) is 13.3. The highest BCUT2D eigenvalue weighted by Crippen LogP contribution is 2.33. The van der Waals surface area contributed by atoms with Gasteiger partial charge in [-0.2, -0.15) is 0 Å². The van der Waals surface area contributed by atoms with Gasteiger partial charge in [-0.3, -0.25) is 0 Å². The first-order chi connectivity index (χ1) is 9.67. The van der Waals surface area contributed by atoms with Gasteiger partial charge in [0.25, 0.3) is 0 Å². The van der Waals surface area contributed by atoms with Gasteiger partial charge in [-0.15, -0.1) is 11.8 Å². The molecule has 0 atom stereocenters. The number of rotatable bonds is 3. The quantitative estimate of drug-likeness (QED) is 0.686. The van der Waals surface area contributed by atoms with Gasteiger partial charge >= 0.3 is 0 Å². The van der Waals surface area contributed by atoms with Crippen molar-refractivity contribution in [1.29, 1.82) is 0 Å². The van der Waals surface area contributed by atoms with Crippen LogP contribution in [0.25, 0.3) is 10.2 Å². The summed E-state index contributed by atoms with van der Waals surface area (Å²) in [4.78, 5) is 5.54. The van der Waals surface area contributed by atoms with Gasteiger partial charge in [0.2, 0.25) is 0 Å². The highest BCUT2D eigenvalue weighted by Gasteiger charge is 2.10. The zero-order valence-corrected chi connectivity index (χ0v) is 12.1. The summed E-state index contributed by atoms with van der Waals surface area (Å²) in [5.41, 5.74) is 1.12. The number of nitrogens with one attached hydrogen (secondary N) is 1. The van der Waals surface area contributed by atoms with Crippen molar-refractivity contribution in [2.24, 2.45) is 0 Å². The maximum atomic E-state index is 13.6. The predicted molar refractivity (Wildman–Crippen MR) is 81.0 cm³/mol. The Balaban J connectivity index is 1.99. The van der Waals surface area contributed by atoms with E-state index < -0.39 is 11.6 Å². The predicted octanol–water partition coefficient (Wildman–Crippen LogP) is 5.04. The van der Waals surface area contributed by atoms with E-state index in [2.05, 4.69) is 10.3 Å². The van der Waals surface area contributed by atoms with E-state index in [1.165, 1.54) is 23.5 Å². The molecule has 3 aromatic rings. The molecule has 6 heteroatoms. The molecule has 0 spiro atoms. The topological polar surface area (TPSA) is 24.9 Å². The van der Waals surface area contributed by atoms with E-state index in [1.807, 2.05) is 24.5 Å². The Morgan fingerprint density at radius 3 is 2.80 bits per heavy atom. The number of benzene rings is 2. The lowest BCUT2D eigenvalue weighted by molar-refractivity contribution is 0.586. The fourth-order valence-corrected chi connectivity index (χ4v) is 3.38. The second-order valence-corrected chi connectivity index (χ2v) is 5.95. The van der Waals surface area contributed by atoms with Gasteiger partial charge in [0, 0.05) is 11.0 Å². The fraction of sp³-hybridized carbons (Fsp3) is 0.0714. The Kier molecular flexibility index (Phi) is 3.58. The summed E-state index contributed by atoms with van der Waals surface area (Å²) in [5, 5.41) is 3.49. The number of hydrogen-bond donors (Lipinski definition) is 1. The summed E-state index contributed by atoms with van der Waals surface area (Å²) in [7, 11) is 0. The number of anilines is 2. The summed E-state index contributed by atoms with van der Waals surface area (Å²) in [6, 6.07) is 9.36. The van der Waals surface area contributed by atoms with Crippen LogP contribution in [0.2, 0.25) is 0 Å². The Hall–Kier alpha value is -1.66. The maximum Gasteiger partial charge on any atom is 0.188 e. The van der Waals surface area contributed by atoms with Gasteiger partial charge < -0.3 is 5.32 Å². The molecular formula is C14H10F2N2S2. The van der Waals surface area contributed by atoms with E-state index in [4.69, 9.17) is 0 Å². The smallest absolute Gasteiger partial charge is 0.188 e. The van der Waals surface area contributed by atoms with E-state index in [1.54, 1.807) is 11.8 Å². The Labute approximate surface area is 122 Å². The molecule has 102 valence electrons. The van der Waals surface area contributed by atoms with Gasteiger partial charge in [0.05, 0.1) is 15.9 Å². The zero-order chi connectivity index (χ0) is 14.1. The van der Waals surface area contributed by atoms with Gasteiger partial charge in [-0.1, -0.05) is 17.4 Å². The van der Waals surface area contributed by atoms with Crippen molar-refractivity contribution in [2.45, 2.75) is 4.90 Å². The summed E-state index contributed by atoms with van der Waals surface area (Å²) in [6.07, 6.45) is 1.99. The average molecular weight is 308 g/mol. The normalized spacial score (nSPS) is 10.9. The van der Waals surface area contributed by atoms with E-state index in [9.17, 15) is 8.78 Å². The van der Waals surface area contributed by atoms with Crippen molar-refractivity contribution in [2.75, 3.05) is 11.6 Å². The van der Waals surface area contributed by atoms with E-state index in [-0.39, 0.29) is 5.69 Å². The fourth-order valence-electron chi connectivity index (χ4n) is 1.85. The number of hydrogen-bond acceptors (Lipinski definition) is 4. The van der Waals surface area contributed by atoms with Crippen LogP contribution in [0.4, 0.5) is 19.6 Å².